The fraction of sp³-hybridized carbons (Fsp3) is 0.857. The molecule has 0 radical (unpaired) electrons. The zero-order chi connectivity index (χ0) is 15.0. The Bertz CT molecular complexity index is 321. The Kier molecular flexibility index (Phi) is 7.36. The minimum atomic E-state index is -0.790. The predicted molar refractivity (Wildman–Crippen MR) is 77.8 cm³/mol. The van der Waals surface area contributed by atoms with Crippen LogP contribution in [0.3, 0.4) is 0 Å². The molecule has 0 bridgehead atoms. The molecule has 1 aliphatic rings. The molecule has 2 N–H and O–H groups in total. The van der Waals surface area contributed by atoms with Crippen LogP contribution in [0, 0.1) is 0 Å². The monoisotopic (exact) mass is 285 g/mol. The number of aliphatic carboxylic acids is 1. The second-order valence-corrected chi connectivity index (χ2v) is 5.66. The molecule has 1 heterocycles. The van der Waals surface area contributed by atoms with Crippen LogP contribution in [0.15, 0.2) is 0 Å². The Morgan fingerprint density at radius 1 is 1.35 bits per heavy atom. The molecule has 6 heteroatoms. The van der Waals surface area contributed by atoms with Gasteiger partial charge in [-0.15, -0.1) is 0 Å². The topological polar surface area (TPSA) is 72.9 Å². The maximum absolute atomic E-state index is 12.2. The summed E-state index contributed by atoms with van der Waals surface area (Å²) in [5.74, 6) is -0.790. The average Bonchev–Trinajstić information content (AvgIpc) is 2.41. The van der Waals surface area contributed by atoms with Gasteiger partial charge in [0.2, 0.25) is 0 Å². The summed E-state index contributed by atoms with van der Waals surface area (Å²) >= 11 is 0. The van der Waals surface area contributed by atoms with Crippen LogP contribution < -0.4 is 5.32 Å². The molecule has 0 aromatic rings. The highest BCUT2D eigenvalue weighted by Crippen LogP contribution is 2.20. The fourth-order valence-corrected chi connectivity index (χ4v) is 2.55. The number of carbonyl (C=O) groups excluding carboxylic acids is 1. The first kappa shape index (κ1) is 16.8. The number of carboxylic acids is 1. The smallest absolute Gasteiger partial charge is 0.317 e. The van der Waals surface area contributed by atoms with Gasteiger partial charge in [-0.2, -0.15) is 0 Å². The van der Waals surface area contributed by atoms with Crippen molar-refractivity contribution in [2.24, 2.45) is 0 Å². The summed E-state index contributed by atoms with van der Waals surface area (Å²) in [6.07, 6.45) is 4.61. The number of rotatable bonds is 7. The Hall–Kier alpha value is -1.30. The second-order valence-electron chi connectivity index (χ2n) is 5.66. The standard InChI is InChI=1S/C14H27N3O3/c1-16(2)10-5-9-15-14(20)17-11-4-3-6-12(17)7-8-13(18)19/h12H,3-11H2,1-2H3,(H,15,20)(H,18,19). The van der Waals surface area contributed by atoms with Crippen molar-refractivity contribution < 1.29 is 14.7 Å². The summed E-state index contributed by atoms with van der Waals surface area (Å²) < 4.78 is 0. The van der Waals surface area contributed by atoms with E-state index in [0.717, 1.165) is 38.8 Å². The SMILES string of the molecule is CN(C)CCCNC(=O)N1CCCCC1CCC(=O)O. The molecule has 0 spiro atoms. The Labute approximate surface area is 121 Å². The highest BCUT2D eigenvalue weighted by Gasteiger charge is 2.26. The number of hydrogen-bond donors (Lipinski definition) is 2. The molecule has 20 heavy (non-hydrogen) atoms. The van der Waals surface area contributed by atoms with E-state index in [1.165, 1.54) is 0 Å². The lowest BCUT2D eigenvalue weighted by Gasteiger charge is -2.35. The minimum Gasteiger partial charge on any atom is -0.481 e. The van der Waals surface area contributed by atoms with Crippen molar-refractivity contribution in [3.8, 4) is 0 Å². The van der Waals surface area contributed by atoms with E-state index in [1.807, 2.05) is 19.0 Å². The molecule has 1 unspecified atom stereocenters. The fourth-order valence-electron chi connectivity index (χ4n) is 2.55. The van der Waals surface area contributed by atoms with E-state index in [-0.39, 0.29) is 18.5 Å². The molecule has 1 rings (SSSR count). The number of nitrogens with zero attached hydrogens (tertiary/aromatic N) is 2. The maximum atomic E-state index is 12.2. The van der Waals surface area contributed by atoms with Gasteiger partial charge in [-0.1, -0.05) is 0 Å². The molecular formula is C14H27N3O3. The number of carbonyl (C=O) groups is 2. The highest BCUT2D eigenvalue weighted by atomic mass is 16.4. The van der Waals surface area contributed by atoms with E-state index >= 15 is 0 Å². The number of piperidine rings is 1. The zero-order valence-electron chi connectivity index (χ0n) is 12.6. The lowest BCUT2D eigenvalue weighted by Crippen LogP contribution is -2.49. The molecule has 0 aromatic carbocycles. The van der Waals surface area contributed by atoms with E-state index in [0.29, 0.717) is 13.0 Å². The lowest BCUT2D eigenvalue weighted by atomic mass is 9.98. The highest BCUT2D eigenvalue weighted by molar-refractivity contribution is 5.74. The third kappa shape index (κ3) is 6.23. The van der Waals surface area contributed by atoms with E-state index in [1.54, 1.807) is 0 Å². The normalized spacial score (nSPS) is 19.1. The Balaban J connectivity index is 2.35. The predicted octanol–water partition coefficient (Wildman–Crippen LogP) is 1.37. The first-order valence-electron chi connectivity index (χ1n) is 7.41. The molecule has 116 valence electrons. The van der Waals surface area contributed by atoms with Crippen LogP contribution in [0.25, 0.3) is 0 Å². The van der Waals surface area contributed by atoms with Crippen molar-refractivity contribution in [2.45, 2.75) is 44.6 Å². The van der Waals surface area contributed by atoms with Crippen molar-refractivity contribution in [3.63, 3.8) is 0 Å². The van der Waals surface area contributed by atoms with Gasteiger partial charge in [0.15, 0.2) is 0 Å². The van der Waals surface area contributed by atoms with Gasteiger partial charge in [0.25, 0.3) is 0 Å². The van der Waals surface area contributed by atoms with Gasteiger partial charge in [0.05, 0.1) is 0 Å². The molecule has 0 aliphatic carbocycles. The van der Waals surface area contributed by atoms with Gasteiger partial charge in [-0.05, 0) is 52.7 Å². The number of likely N-dealkylation sites (tertiary alicyclic amines) is 1. The van der Waals surface area contributed by atoms with Crippen LogP contribution in [0.4, 0.5) is 4.79 Å². The first-order chi connectivity index (χ1) is 9.50. The molecule has 1 saturated heterocycles. The number of nitrogens with one attached hydrogen (secondary N) is 1. The van der Waals surface area contributed by atoms with Crippen LogP contribution in [0.2, 0.25) is 0 Å². The maximum Gasteiger partial charge on any atom is 0.317 e. The van der Waals surface area contributed by atoms with Crippen molar-refractivity contribution in [2.75, 3.05) is 33.7 Å². The molecule has 1 fully saturated rings. The van der Waals surface area contributed by atoms with Gasteiger partial charge < -0.3 is 20.2 Å². The summed E-state index contributed by atoms with van der Waals surface area (Å²) in [6.45, 7) is 2.35. The Morgan fingerprint density at radius 3 is 2.75 bits per heavy atom. The first-order valence-corrected chi connectivity index (χ1v) is 7.41. The van der Waals surface area contributed by atoms with E-state index in [9.17, 15) is 9.59 Å². The summed E-state index contributed by atoms with van der Waals surface area (Å²) in [5.41, 5.74) is 0. The molecule has 1 atom stereocenters. The van der Waals surface area contributed by atoms with Crippen LogP contribution in [-0.4, -0.2) is 66.7 Å². The summed E-state index contributed by atoms with van der Waals surface area (Å²) in [6, 6.07) is 0.0348. The number of carboxylic acid groups (broad SMARTS) is 1. The van der Waals surface area contributed by atoms with E-state index in [4.69, 9.17) is 5.11 Å². The van der Waals surface area contributed by atoms with Gasteiger partial charge >= 0.3 is 12.0 Å². The van der Waals surface area contributed by atoms with E-state index < -0.39 is 5.97 Å². The minimum absolute atomic E-state index is 0.0427. The molecule has 6 nitrogen and oxygen atoms in total. The van der Waals surface area contributed by atoms with Crippen LogP contribution in [-0.2, 0) is 4.79 Å². The van der Waals surface area contributed by atoms with Crippen molar-refractivity contribution in [1.29, 1.82) is 0 Å². The van der Waals surface area contributed by atoms with E-state index in [2.05, 4.69) is 10.2 Å². The summed E-state index contributed by atoms with van der Waals surface area (Å²) in [7, 11) is 4.02. The number of hydrogen-bond acceptors (Lipinski definition) is 3. The molecular weight excluding hydrogens is 258 g/mol. The van der Waals surface area contributed by atoms with Crippen molar-refractivity contribution >= 4 is 12.0 Å². The average molecular weight is 285 g/mol. The number of urea groups is 1. The summed E-state index contributed by atoms with van der Waals surface area (Å²) in [4.78, 5) is 26.7. The van der Waals surface area contributed by atoms with Gasteiger partial charge in [0, 0.05) is 25.6 Å². The molecule has 0 aromatic heterocycles. The van der Waals surface area contributed by atoms with Gasteiger partial charge in [-0.3, -0.25) is 4.79 Å². The van der Waals surface area contributed by atoms with Gasteiger partial charge in [-0.25, -0.2) is 4.79 Å². The quantitative estimate of drug-likeness (QED) is 0.693. The third-order valence-corrected chi connectivity index (χ3v) is 3.64. The van der Waals surface area contributed by atoms with Crippen molar-refractivity contribution in [3.05, 3.63) is 0 Å². The summed E-state index contributed by atoms with van der Waals surface area (Å²) in [5, 5.41) is 11.7. The zero-order valence-corrected chi connectivity index (χ0v) is 12.6. The second kappa shape index (κ2) is 8.79. The molecule has 2 amide bonds. The molecule has 0 saturated carbocycles. The Morgan fingerprint density at radius 2 is 2.10 bits per heavy atom. The van der Waals surface area contributed by atoms with Crippen LogP contribution >= 0.6 is 0 Å². The van der Waals surface area contributed by atoms with Crippen LogP contribution in [0.1, 0.15) is 38.5 Å². The van der Waals surface area contributed by atoms with Crippen molar-refractivity contribution in [1.82, 2.24) is 15.1 Å². The number of amides is 2. The lowest BCUT2D eigenvalue weighted by molar-refractivity contribution is -0.137. The third-order valence-electron chi connectivity index (χ3n) is 3.64. The largest absolute Gasteiger partial charge is 0.481 e. The molecule has 1 aliphatic heterocycles. The van der Waals surface area contributed by atoms with Gasteiger partial charge in [0.1, 0.15) is 0 Å². The van der Waals surface area contributed by atoms with Crippen LogP contribution in [0.5, 0.6) is 0 Å².